The van der Waals surface area contributed by atoms with Crippen LogP contribution in [0.25, 0.3) is 11.5 Å². The fraction of sp³-hybridized carbons (Fsp3) is 0.0667. The molecule has 1 N–H and O–H groups in total. The summed E-state index contributed by atoms with van der Waals surface area (Å²) in [5.74, 6) is -0.830. The zero-order valence-corrected chi connectivity index (χ0v) is 10.8. The highest BCUT2D eigenvalue weighted by molar-refractivity contribution is 5.61. The van der Waals surface area contributed by atoms with Crippen LogP contribution in [0.5, 0.6) is 5.75 Å². The highest BCUT2D eigenvalue weighted by Crippen LogP contribution is 2.28. The highest BCUT2D eigenvalue weighted by Gasteiger charge is 2.15. The molecule has 3 aromatic rings. The lowest BCUT2D eigenvalue weighted by Gasteiger charge is -1.99. The van der Waals surface area contributed by atoms with Gasteiger partial charge >= 0.3 is 0 Å². The molecule has 6 heteroatoms. The molecule has 0 fully saturated rings. The van der Waals surface area contributed by atoms with Gasteiger partial charge in [0.15, 0.2) is 5.82 Å². The summed E-state index contributed by atoms with van der Waals surface area (Å²) in [5.41, 5.74) is 0.524. The summed E-state index contributed by atoms with van der Waals surface area (Å²) in [4.78, 5) is 4.05. The summed E-state index contributed by atoms with van der Waals surface area (Å²) in [6, 6.07) is 9.67. The molecule has 0 aliphatic carbocycles. The maximum absolute atomic E-state index is 13.5. The molecule has 1 heterocycles. The number of hydrogen-bond acceptors (Lipinski definition) is 4. The van der Waals surface area contributed by atoms with E-state index in [1.807, 2.05) is 0 Å². The van der Waals surface area contributed by atoms with Crippen molar-refractivity contribution in [2.45, 2.75) is 6.42 Å². The molecule has 4 nitrogen and oxygen atoms in total. The summed E-state index contributed by atoms with van der Waals surface area (Å²) in [7, 11) is 0. The molecule has 0 saturated carbocycles. The van der Waals surface area contributed by atoms with E-state index in [-0.39, 0.29) is 35.3 Å². The lowest BCUT2D eigenvalue weighted by Crippen LogP contribution is -1.94. The number of phenolic OH excluding ortho intramolecular Hbond substituents is 1. The first-order valence-corrected chi connectivity index (χ1v) is 6.18. The molecule has 0 unspecified atom stereocenters. The van der Waals surface area contributed by atoms with Gasteiger partial charge in [0, 0.05) is 6.42 Å². The first-order chi connectivity index (χ1) is 10.1. The van der Waals surface area contributed by atoms with Gasteiger partial charge in [0.05, 0.1) is 5.56 Å². The number of hydrogen-bond donors (Lipinski definition) is 1. The molecule has 0 aliphatic heterocycles. The Labute approximate surface area is 118 Å². The molecule has 0 atom stereocenters. The second kappa shape index (κ2) is 5.32. The van der Waals surface area contributed by atoms with Crippen LogP contribution in [0.15, 0.2) is 47.0 Å². The minimum absolute atomic E-state index is 0.0154. The third kappa shape index (κ3) is 2.74. The van der Waals surface area contributed by atoms with Crippen LogP contribution in [-0.2, 0) is 6.42 Å². The zero-order chi connectivity index (χ0) is 14.8. The predicted octanol–water partition coefficient (Wildman–Crippen LogP) is 3.31. The van der Waals surface area contributed by atoms with Crippen molar-refractivity contribution >= 4 is 0 Å². The molecule has 2 aromatic carbocycles. The van der Waals surface area contributed by atoms with Crippen molar-refractivity contribution in [3.05, 3.63) is 65.5 Å². The van der Waals surface area contributed by atoms with E-state index in [1.165, 1.54) is 12.1 Å². The summed E-state index contributed by atoms with van der Waals surface area (Å²) >= 11 is 0. The van der Waals surface area contributed by atoms with E-state index in [4.69, 9.17) is 4.52 Å². The van der Waals surface area contributed by atoms with Crippen LogP contribution < -0.4 is 0 Å². The van der Waals surface area contributed by atoms with E-state index < -0.39 is 5.82 Å². The molecule has 0 radical (unpaired) electrons. The van der Waals surface area contributed by atoms with E-state index >= 15 is 0 Å². The lowest BCUT2D eigenvalue weighted by molar-refractivity contribution is 0.417. The Morgan fingerprint density at radius 1 is 1.10 bits per heavy atom. The van der Waals surface area contributed by atoms with Gasteiger partial charge in [-0.1, -0.05) is 23.4 Å². The number of rotatable bonds is 3. The fourth-order valence-corrected chi connectivity index (χ4v) is 1.93. The van der Waals surface area contributed by atoms with Crippen LogP contribution in [0.4, 0.5) is 8.78 Å². The van der Waals surface area contributed by atoms with Crippen LogP contribution in [-0.4, -0.2) is 15.2 Å². The normalized spacial score (nSPS) is 10.8. The number of benzene rings is 2. The predicted molar refractivity (Wildman–Crippen MR) is 70.6 cm³/mol. The first kappa shape index (κ1) is 13.2. The Bertz CT molecular complexity index is 787. The van der Waals surface area contributed by atoms with Crippen LogP contribution in [0.1, 0.15) is 11.4 Å². The molecule has 0 bridgehead atoms. The van der Waals surface area contributed by atoms with Crippen LogP contribution in [0.3, 0.4) is 0 Å². The Hall–Kier alpha value is -2.76. The van der Waals surface area contributed by atoms with Crippen molar-refractivity contribution in [2.75, 3.05) is 0 Å². The average molecular weight is 288 g/mol. The Morgan fingerprint density at radius 2 is 1.90 bits per heavy atom. The third-order valence-electron chi connectivity index (χ3n) is 2.96. The molecule has 0 saturated heterocycles. The summed E-state index contributed by atoms with van der Waals surface area (Å²) in [6.07, 6.45) is 0.145. The van der Waals surface area contributed by atoms with E-state index in [0.29, 0.717) is 5.56 Å². The Kier molecular flexibility index (Phi) is 3.35. The SMILES string of the molecule is Oc1ccc(F)cc1-c1nc(Cc2ccccc2F)no1. The van der Waals surface area contributed by atoms with Crippen molar-refractivity contribution < 1.29 is 18.4 Å². The number of aromatic nitrogens is 2. The summed E-state index contributed by atoms with van der Waals surface area (Å²) in [6.45, 7) is 0. The van der Waals surface area contributed by atoms with E-state index in [2.05, 4.69) is 10.1 Å². The third-order valence-corrected chi connectivity index (χ3v) is 2.96. The van der Waals surface area contributed by atoms with Crippen molar-refractivity contribution in [1.82, 2.24) is 10.1 Å². The average Bonchev–Trinajstić information content (AvgIpc) is 2.92. The monoisotopic (exact) mass is 288 g/mol. The van der Waals surface area contributed by atoms with Crippen molar-refractivity contribution in [3.8, 4) is 17.2 Å². The molecule has 106 valence electrons. The van der Waals surface area contributed by atoms with Crippen molar-refractivity contribution in [2.24, 2.45) is 0 Å². The topological polar surface area (TPSA) is 59.2 Å². The number of aromatic hydroxyl groups is 1. The van der Waals surface area contributed by atoms with Gasteiger partial charge < -0.3 is 9.63 Å². The molecule has 1 aromatic heterocycles. The van der Waals surface area contributed by atoms with E-state index in [1.54, 1.807) is 18.2 Å². The largest absolute Gasteiger partial charge is 0.507 e. The quantitative estimate of drug-likeness (QED) is 0.803. The van der Waals surface area contributed by atoms with Gasteiger partial charge in [-0.05, 0) is 29.8 Å². The van der Waals surface area contributed by atoms with Crippen molar-refractivity contribution in [1.29, 1.82) is 0 Å². The van der Waals surface area contributed by atoms with Crippen molar-refractivity contribution in [3.63, 3.8) is 0 Å². The first-order valence-electron chi connectivity index (χ1n) is 6.18. The Balaban J connectivity index is 1.90. The maximum Gasteiger partial charge on any atom is 0.261 e. The van der Waals surface area contributed by atoms with Gasteiger partial charge in [0.25, 0.3) is 5.89 Å². The second-order valence-electron chi connectivity index (χ2n) is 4.45. The molecule has 0 aliphatic rings. The minimum Gasteiger partial charge on any atom is -0.507 e. The van der Waals surface area contributed by atoms with Gasteiger partial charge in [-0.2, -0.15) is 4.98 Å². The van der Waals surface area contributed by atoms with E-state index in [0.717, 1.165) is 12.1 Å². The highest BCUT2D eigenvalue weighted by atomic mass is 19.1. The summed E-state index contributed by atoms with van der Waals surface area (Å²) < 4.78 is 31.7. The summed E-state index contributed by atoms with van der Waals surface area (Å²) in [5, 5.41) is 13.4. The van der Waals surface area contributed by atoms with Gasteiger partial charge in [-0.3, -0.25) is 0 Å². The molecular formula is C15H10F2N2O2. The maximum atomic E-state index is 13.5. The molecule has 21 heavy (non-hydrogen) atoms. The van der Waals surface area contributed by atoms with Gasteiger partial charge in [0.1, 0.15) is 17.4 Å². The van der Waals surface area contributed by atoms with Crippen LogP contribution in [0.2, 0.25) is 0 Å². The van der Waals surface area contributed by atoms with Gasteiger partial charge in [0.2, 0.25) is 0 Å². The number of halogens is 2. The molecule has 0 amide bonds. The minimum atomic E-state index is -0.531. The smallest absolute Gasteiger partial charge is 0.261 e. The van der Waals surface area contributed by atoms with Gasteiger partial charge in [-0.25, -0.2) is 8.78 Å². The van der Waals surface area contributed by atoms with Gasteiger partial charge in [-0.15, -0.1) is 0 Å². The molecular weight excluding hydrogens is 278 g/mol. The molecule has 3 rings (SSSR count). The lowest BCUT2D eigenvalue weighted by atomic mass is 10.1. The number of nitrogens with zero attached hydrogens (tertiary/aromatic N) is 2. The van der Waals surface area contributed by atoms with E-state index in [9.17, 15) is 13.9 Å². The standard InChI is InChI=1S/C15H10F2N2O2/c16-10-5-6-13(20)11(8-10)15-18-14(19-21-15)7-9-3-1-2-4-12(9)17/h1-6,8,20H,7H2. The van der Waals surface area contributed by atoms with Crippen LogP contribution in [0, 0.1) is 11.6 Å². The zero-order valence-electron chi connectivity index (χ0n) is 10.8. The number of phenols is 1. The second-order valence-corrected chi connectivity index (χ2v) is 4.45. The Morgan fingerprint density at radius 3 is 2.71 bits per heavy atom. The molecule has 0 spiro atoms. The fourth-order valence-electron chi connectivity index (χ4n) is 1.93. The van der Waals surface area contributed by atoms with Crippen LogP contribution >= 0.6 is 0 Å².